The molecule has 4 nitrogen and oxygen atoms in total. The van der Waals surface area contributed by atoms with Crippen molar-refractivity contribution in [2.24, 2.45) is 5.14 Å². The Balaban J connectivity index is 2.69. The summed E-state index contributed by atoms with van der Waals surface area (Å²) in [5, 5.41) is 5.09. The van der Waals surface area contributed by atoms with Crippen LogP contribution in [0.15, 0.2) is 29.2 Å². The van der Waals surface area contributed by atoms with Crippen molar-refractivity contribution in [2.75, 3.05) is 13.6 Å². The van der Waals surface area contributed by atoms with Crippen LogP contribution in [0.1, 0.15) is 44.7 Å². The molecule has 5 heteroatoms. The lowest BCUT2D eigenvalue weighted by molar-refractivity contribution is 0.256. The zero-order valence-electron chi connectivity index (χ0n) is 12.0. The molecule has 0 heterocycles. The molecule has 1 atom stereocenters. The molecule has 1 aromatic carbocycles. The molecule has 0 fully saturated rings. The quantitative estimate of drug-likeness (QED) is 0.783. The van der Waals surface area contributed by atoms with Gasteiger partial charge >= 0.3 is 0 Å². The number of benzene rings is 1. The van der Waals surface area contributed by atoms with Crippen LogP contribution >= 0.6 is 0 Å². The summed E-state index contributed by atoms with van der Waals surface area (Å²) in [6.07, 6.45) is 3.64. The number of rotatable bonds is 7. The van der Waals surface area contributed by atoms with Crippen LogP contribution in [0, 0.1) is 0 Å². The highest BCUT2D eigenvalue weighted by atomic mass is 32.2. The summed E-state index contributed by atoms with van der Waals surface area (Å²) >= 11 is 0. The molecule has 0 aliphatic heterocycles. The van der Waals surface area contributed by atoms with Crippen molar-refractivity contribution >= 4 is 10.0 Å². The third-order valence-electron chi connectivity index (χ3n) is 3.47. The molecular formula is C14H24N2O2S. The van der Waals surface area contributed by atoms with Crippen LogP contribution in [0.25, 0.3) is 0 Å². The average molecular weight is 284 g/mol. The molecule has 19 heavy (non-hydrogen) atoms. The van der Waals surface area contributed by atoms with Gasteiger partial charge in [0.05, 0.1) is 4.90 Å². The smallest absolute Gasteiger partial charge is 0.238 e. The Morgan fingerprint density at radius 2 is 1.79 bits per heavy atom. The van der Waals surface area contributed by atoms with E-state index in [0.29, 0.717) is 0 Å². The second-order valence-corrected chi connectivity index (χ2v) is 6.54. The molecule has 0 aliphatic carbocycles. The van der Waals surface area contributed by atoms with E-state index in [0.717, 1.165) is 12.1 Å². The molecule has 0 spiro atoms. The summed E-state index contributed by atoms with van der Waals surface area (Å²) < 4.78 is 22.4. The molecule has 2 N–H and O–H groups in total. The molecular weight excluding hydrogens is 260 g/mol. The summed E-state index contributed by atoms with van der Waals surface area (Å²) in [6.45, 7) is 5.36. The highest BCUT2D eigenvalue weighted by Crippen LogP contribution is 2.20. The summed E-state index contributed by atoms with van der Waals surface area (Å²) in [4.78, 5) is 2.44. The number of sulfonamides is 1. The van der Waals surface area contributed by atoms with Gasteiger partial charge in [0.15, 0.2) is 0 Å². The van der Waals surface area contributed by atoms with Gasteiger partial charge in [0.25, 0.3) is 0 Å². The predicted molar refractivity (Wildman–Crippen MR) is 78.4 cm³/mol. The Morgan fingerprint density at radius 3 is 2.26 bits per heavy atom. The Labute approximate surface area is 116 Å². The van der Waals surface area contributed by atoms with Gasteiger partial charge in [0, 0.05) is 6.04 Å². The second-order valence-electron chi connectivity index (χ2n) is 4.98. The van der Waals surface area contributed by atoms with Crippen molar-refractivity contribution < 1.29 is 8.42 Å². The minimum atomic E-state index is -3.60. The van der Waals surface area contributed by atoms with E-state index in [1.54, 1.807) is 12.1 Å². The fourth-order valence-corrected chi connectivity index (χ4v) is 2.51. The number of nitrogens with two attached hydrogens (primary N) is 1. The molecule has 108 valence electrons. The molecule has 0 saturated heterocycles. The zero-order chi connectivity index (χ0) is 14.5. The van der Waals surface area contributed by atoms with E-state index in [2.05, 4.69) is 25.8 Å². The molecule has 0 aromatic heterocycles. The standard InChI is InChI=1S/C14H24N2O2S/c1-4-5-6-11-16(3)12(2)13-7-9-14(10-8-13)19(15,17)18/h7-10,12H,4-6,11H2,1-3H3,(H2,15,17,18). The van der Waals surface area contributed by atoms with Crippen LogP contribution in [-0.2, 0) is 10.0 Å². The van der Waals surface area contributed by atoms with Crippen molar-refractivity contribution in [3.63, 3.8) is 0 Å². The molecule has 1 aromatic rings. The van der Waals surface area contributed by atoms with Crippen molar-refractivity contribution in [1.82, 2.24) is 4.90 Å². The van der Waals surface area contributed by atoms with Gasteiger partial charge in [-0.15, -0.1) is 0 Å². The van der Waals surface area contributed by atoms with Gasteiger partial charge in [-0.1, -0.05) is 31.9 Å². The van der Waals surface area contributed by atoms with E-state index in [9.17, 15) is 8.42 Å². The van der Waals surface area contributed by atoms with Crippen LogP contribution in [0.4, 0.5) is 0 Å². The summed E-state index contributed by atoms with van der Waals surface area (Å²) in [5.41, 5.74) is 1.10. The minimum absolute atomic E-state index is 0.164. The molecule has 0 radical (unpaired) electrons. The lowest BCUT2D eigenvalue weighted by atomic mass is 10.1. The van der Waals surface area contributed by atoms with E-state index in [1.165, 1.54) is 19.3 Å². The van der Waals surface area contributed by atoms with Crippen LogP contribution in [0.5, 0.6) is 0 Å². The van der Waals surface area contributed by atoms with Gasteiger partial charge in [0.1, 0.15) is 0 Å². The van der Waals surface area contributed by atoms with Crippen LogP contribution in [0.2, 0.25) is 0 Å². The first kappa shape index (κ1) is 16.1. The van der Waals surface area contributed by atoms with Crippen LogP contribution < -0.4 is 5.14 Å². The van der Waals surface area contributed by atoms with E-state index in [1.807, 2.05) is 12.1 Å². The Hall–Kier alpha value is -0.910. The van der Waals surface area contributed by atoms with E-state index in [4.69, 9.17) is 5.14 Å². The Kier molecular flexibility index (Phi) is 5.97. The minimum Gasteiger partial charge on any atom is -0.300 e. The molecule has 0 aliphatic rings. The largest absolute Gasteiger partial charge is 0.300 e. The van der Waals surface area contributed by atoms with E-state index < -0.39 is 10.0 Å². The number of hydrogen-bond acceptors (Lipinski definition) is 3. The first-order valence-corrected chi connectivity index (χ1v) is 8.24. The van der Waals surface area contributed by atoms with Gasteiger partial charge in [-0.05, 0) is 44.6 Å². The number of primary sulfonamides is 1. The first-order valence-electron chi connectivity index (χ1n) is 6.69. The average Bonchev–Trinajstić information content (AvgIpc) is 2.37. The highest BCUT2D eigenvalue weighted by Gasteiger charge is 2.13. The van der Waals surface area contributed by atoms with Gasteiger partial charge in [-0.25, -0.2) is 13.6 Å². The van der Waals surface area contributed by atoms with Crippen molar-refractivity contribution in [3.05, 3.63) is 29.8 Å². The fraction of sp³-hybridized carbons (Fsp3) is 0.571. The number of nitrogens with zero attached hydrogens (tertiary/aromatic N) is 1. The van der Waals surface area contributed by atoms with Crippen molar-refractivity contribution in [3.8, 4) is 0 Å². The summed E-state index contributed by atoms with van der Waals surface area (Å²) in [6, 6.07) is 7.08. The highest BCUT2D eigenvalue weighted by molar-refractivity contribution is 7.89. The monoisotopic (exact) mass is 284 g/mol. The zero-order valence-corrected chi connectivity index (χ0v) is 12.8. The van der Waals surface area contributed by atoms with Gasteiger partial charge in [-0.2, -0.15) is 0 Å². The SMILES string of the molecule is CCCCCN(C)C(C)c1ccc(S(N)(=O)=O)cc1. The van der Waals surface area contributed by atoms with Crippen LogP contribution in [0.3, 0.4) is 0 Å². The first-order chi connectivity index (χ1) is 8.86. The third-order valence-corrected chi connectivity index (χ3v) is 4.40. The second kappa shape index (κ2) is 7.03. The number of hydrogen-bond donors (Lipinski definition) is 1. The maximum absolute atomic E-state index is 11.2. The predicted octanol–water partition coefficient (Wildman–Crippen LogP) is 2.52. The molecule has 0 saturated carbocycles. The fourth-order valence-electron chi connectivity index (χ4n) is 2.00. The summed E-state index contributed by atoms with van der Waals surface area (Å²) in [5.74, 6) is 0. The third kappa shape index (κ3) is 4.93. The number of unbranched alkanes of at least 4 members (excludes halogenated alkanes) is 2. The van der Waals surface area contributed by atoms with Gasteiger partial charge in [0.2, 0.25) is 10.0 Å². The van der Waals surface area contributed by atoms with E-state index >= 15 is 0 Å². The van der Waals surface area contributed by atoms with Gasteiger partial charge < -0.3 is 0 Å². The van der Waals surface area contributed by atoms with Crippen LogP contribution in [-0.4, -0.2) is 26.9 Å². The molecule has 0 amide bonds. The normalized spacial score (nSPS) is 13.7. The van der Waals surface area contributed by atoms with Crippen molar-refractivity contribution in [2.45, 2.75) is 44.0 Å². The maximum Gasteiger partial charge on any atom is 0.238 e. The van der Waals surface area contributed by atoms with Crippen molar-refractivity contribution in [1.29, 1.82) is 0 Å². The van der Waals surface area contributed by atoms with E-state index in [-0.39, 0.29) is 10.9 Å². The molecule has 1 rings (SSSR count). The Bertz CT molecular complexity index is 483. The lowest BCUT2D eigenvalue weighted by Crippen LogP contribution is -2.23. The summed E-state index contributed by atoms with van der Waals surface area (Å²) in [7, 11) is -1.51. The van der Waals surface area contributed by atoms with Gasteiger partial charge in [-0.3, -0.25) is 4.90 Å². The molecule has 0 bridgehead atoms. The molecule has 1 unspecified atom stereocenters. The maximum atomic E-state index is 11.2. The Morgan fingerprint density at radius 1 is 1.21 bits per heavy atom. The topological polar surface area (TPSA) is 63.4 Å². The lowest BCUT2D eigenvalue weighted by Gasteiger charge is -2.25.